The highest BCUT2D eigenvalue weighted by Gasteiger charge is 2.18. The zero-order valence-electron chi connectivity index (χ0n) is 14.7. The van der Waals surface area contributed by atoms with Crippen molar-refractivity contribution in [3.8, 4) is 5.69 Å². The van der Waals surface area contributed by atoms with Crippen LogP contribution in [0.5, 0.6) is 0 Å². The monoisotopic (exact) mass is 373 g/mol. The van der Waals surface area contributed by atoms with Crippen LogP contribution in [0.2, 0.25) is 0 Å². The van der Waals surface area contributed by atoms with Crippen molar-refractivity contribution in [1.82, 2.24) is 24.6 Å². The lowest BCUT2D eigenvalue weighted by Crippen LogP contribution is -2.34. The lowest BCUT2D eigenvalue weighted by molar-refractivity contribution is -0.122. The van der Waals surface area contributed by atoms with Gasteiger partial charge in [0.05, 0.1) is 12.2 Å². The molecule has 2 heterocycles. The molecule has 1 atom stereocenters. The largest absolute Gasteiger partial charge is 0.348 e. The Morgan fingerprint density at radius 2 is 2.11 bits per heavy atom. The molecule has 0 unspecified atom stereocenters. The molecule has 0 saturated carbocycles. The SMILES string of the molecule is Cc1c([C@H](C)NC(=O)Cn2cccnc2=O)cnn1-c1ccc(F)cc1F. The van der Waals surface area contributed by atoms with Crippen molar-refractivity contribution in [2.45, 2.75) is 26.4 Å². The summed E-state index contributed by atoms with van der Waals surface area (Å²) in [5.41, 5.74) is 0.870. The van der Waals surface area contributed by atoms with Crippen LogP contribution < -0.4 is 11.0 Å². The molecule has 0 aliphatic rings. The number of nitrogens with zero attached hydrogens (tertiary/aromatic N) is 4. The lowest BCUT2D eigenvalue weighted by atomic mass is 10.1. The topological polar surface area (TPSA) is 81.8 Å². The molecule has 3 rings (SSSR count). The third-order valence-electron chi connectivity index (χ3n) is 4.13. The second-order valence-electron chi connectivity index (χ2n) is 6.01. The van der Waals surface area contributed by atoms with E-state index in [-0.39, 0.29) is 18.1 Å². The fourth-order valence-corrected chi connectivity index (χ4v) is 2.77. The molecule has 9 heteroatoms. The number of amides is 1. The van der Waals surface area contributed by atoms with Crippen molar-refractivity contribution >= 4 is 5.91 Å². The van der Waals surface area contributed by atoms with Gasteiger partial charge >= 0.3 is 5.69 Å². The minimum Gasteiger partial charge on any atom is -0.348 e. The standard InChI is InChI=1S/C18H17F2N5O2/c1-11(23-17(26)10-24-7-3-6-21-18(24)27)14-9-22-25(12(14)2)16-5-4-13(19)8-15(16)20/h3-9,11H,10H2,1-2H3,(H,23,26)/t11-/m0/s1. The highest BCUT2D eigenvalue weighted by Crippen LogP contribution is 2.22. The van der Waals surface area contributed by atoms with Crippen molar-refractivity contribution < 1.29 is 13.6 Å². The molecule has 1 N–H and O–H groups in total. The van der Waals surface area contributed by atoms with Gasteiger partial charge in [0, 0.05) is 29.7 Å². The van der Waals surface area contributed by atoms with Gasteiger partial charge in [-0.2, -0.15) is 5.10 Å². The van der Waals surface area contributed by atoms with E-state index < -0.39 is 23.4 Å². The Morgan fingerprint density at radius 1 is 1.33 bits per heavy atom. The van der Waals surface area contributed by atoms with E-state index in [1.54, 1.807) is 19.9 Å². The third-order valence-corrected chi connectivity index (χ3v) is 4.13. The summed E-state index contributed by atoms with van der Waals surface area (Å²) in [6.07, 6.45) is 4.34. The Kier molecular flexibility index (Phi) is 5.11. The van der Waals surface area contributed by atoms with Crippen LogP contribution in [0.4, 0.5) is 8.78 Å². The molecule has 0 fully saturated rings. The number of hydrogen-bond acceptors (Lipinski definition) is 4. The van der Waals surface area contributed by atoms with Crippen LogP contribution in [0.15, 0.2) is 47.7 Å². The van der Waals surface area contributed by atoms with E-state index in [2.05, 4.69) is 15.4 Å². The van der Waals surface area contributed by atoms with Crippen LogP contribution in [0, 0.1) is 18.6 Å². The van der Waals surface area contributed by atoms with E-state index in [1.165, 1.54) is 33.9 Å². The highest BCUT2D eigenvalue weighted by atomic mass is 19.1. The maximum atomic E-state index is 14.0. The molecule has 2 aromatic heterocycles. The molecule has 7 nitrogen and oxygen atoms in total. The summed E-state index contributed by atoms with van der Waals surface area (Å²) >= 11 is 0. The van der Waals surface area contributed by atoms with E-state index in [4.69, 9.17) is 0 Å². The number of nitrogens with one attached hydrogen (secondary N) is 1. The summed E-state index contributed by atoms with van der Waals surface area (Å²) in [5.74, 6) is -1.79. The Balaban J connectivity index is 1.77. The molecule has 0 aliphatic heterocycles. The van der Waals surface area contributed by atoms with Gasteiger partial charge in [-0.25, -0.2) is 23.2 Å². The molecule has 0 radical (unpaired) electrons. The van der Waals surface area contributed by atoms with Crippen molar-refractivity contribution in [1.29, 1.82) is 0 Å². The smallest absolute Gasteiger partial charge is 0.347 e. The molecule has 0 spiro atoms. The fraction of sp³-hybridized carbons (Fsp3) is 0.222. The Morgan fingerprint density at radius 3 is 2.81 bits per heavy atom. The summed E-state index contributed by atoms with van der Waals surface area (Å²) in [6, 6.07) is 4.36. The number of halogens is 2. The molecular formula is C18H17F2N5O2. The predicted octanol–water partition coefficient (Wildman–Crippen LogP) is 1.89. The summed E-state index contributed by atoms with van der Waals surface area (Å²) in [7, 11) is 0. The molecular weight excluding hydrogens is 356 g/mol. The van der Waals surface area contributed by atoms with Gasteiger partial charge in [0.1, 0.15) is 18.0 Å². The second-order valence-corrected chi connectivity index (χ2v) is 6.01. The molecule has 0 bridgehead atoms. The van der Waals surface area contributed by atoms with E-state index in [9.17, 15) is 18.4 Å². The summed E-state index contributed by atoms with van der Waals surface area (Å²) < 4.78 is 29.6. The van der Waals surface area contributed by atoms with Crippen LogP contribution in [0.25, 0.3) is 5.69 Å². The Labute approximate surface area is 153 Å². The molecule has 0 saturated heterocycles. The fourth-order valence-electron chi connectivity index (χ4n) is 2.77. The van der Waals surface area contributed by atoms with Crippen LogP contribution in [0.1, 0.15) is 24.2 Å². The van der Waals surface area contributed by atoms with Gasteiger partial charge < -0.3 is 5.32 Å². The van der Waals surface area contributed by atoms with Crippen molar-refractivity contribution in [2.24, 2.45) is 0 Å². The van der Waals surface area contributed by atoms with Gasteiger partial charge in [-0.3, -0.25) is 9.36 Å². The van der Waals surface area contributed by atoms with Crippen LogP contribution in [-0.4, -0.2) is 25.2 Å². The highest BCUT2D eigenvalue weighted by molar-refractivity contribution is 5.76. The molecule has 1 amide bonds. The number of hydrogen-bond donors (Lipinski definition) is 1. The summed E-state index contributed by atoms with van der Waals surface area (Å²) in [4.78, 5) is 27.4. The zero-order valence-corrected chi connectivity index (χ0v) is 14.7. The van der Waals surface area contributed by atoms with E-state index in [0.29, 0.717) is 11.3 Å². The van der Waals surface area contributed by atoms with Crippen LogP contribution >= 0.6 is 0 Å². The van der Waals surface area contributed by atoms with E-state index in [0.717, 1.165) is 12.1 Å². The average molecular weight is 373 g/mol. The quantitative estimate of drug-likeness (QED) is 0.741. The number of rotatable bonds is 5. The maximum Gasteiger partial charge on any atom is 0.347 e. The van der Waals surface area contributed by atoms with Gasteiger partial charge in [0.2, 0.25) is 5.91 Å². The first-order valence-corrected chi connectivity index (χ1v) is 8.17. The van der Waals surface area contributed by atoms with E-state index in [1.807, 2.05) is 0 Å². The van der Waals surface area contributed by atoms with Gasteiger partial charge in [-0.1, -0.05) is 0 Å². The van der Waals surface area contributed by atoms with Gasteiger partial charge in [-0.15, -0.1) is 0 Å². The second kappa shape index (κ2) is 7.48. The van der Waals surface area contributed by atoms with Crippen molar-refractivity contribution in [3.05, 3.63) is 76.2 Å². The first kappa shape index (κ1) is 18.4. The Hall–Kier alpha value is -3.36. The minimum atomic E-state index is -0.736. The average Bonchev–Trinajstić information content (AvgIpc) is 2.98. The Bertz CT molecular complexity index is 1040. The van der Waals surface area contributed by atoms with E-state index >= 15 is 0 Å². The first-order chi connectivity index (χ1) is 12.9. The molecule has 140 valence electrons. The maximum absolute atomic E-state index is 14.0. The predicted molar refractivity (Wildman–Crippen MR) is 93.3 cm³/mol. The number of benzene rings is 1. The lowest BCUT2D eigenvalue weighted by Gasteiger charge is -2.15. The minimum absolute atomic E-state index is 0.112. The molecule has 27 heavy (non-hydrogen) atoms. The zero-order chi connectivity index (χ0) is 19.6. The molecule has 0 aliphatic carbocycles. The van der Waals surface area contributed by atoms with Crippen molar-refractivity contribution in [3.63, 3.8) is 0 Å². The number of aromatic nitrogens is 4. The van der Waals surface area contributed by atoms with Crippen LogP contribution in [0.3, 0.4) is 0 Å². The normalized spacial score (nSPS) is 12.0. The summed E-state index contributed by atoms with van der Waals surface area (Å²) in [6.45, 7) is 3.30. The van der Waals surface area contributed by atoms with Gasteiger partial charge in [-0.05, 0) is 32.0 Å². The molecule has 3 aromatic rings. The summed E-state index contributed by atoms with van der Waals surface area (Å²) in [5, 5.41) is 6.91. The van der Waals surface area contributed by atoms with Crippen molar-refractivity contribution in [2.75, 3.05) is 0 Å². The number of carbonyl (C=O) groups is 1. The van der Waals surface area contributed by atoms with Gasteiger partial charge in [0.15, 0.2) is 5.82 Å². The molecule has 1 aromatic carbocycles. The van der Waals surface area contributed by atoms with Crippen LogP contribution in [-0.2, 0) is 11.3 Å². The van der Waals surface area contributed by atoms with Gasteiger partial charge in [0.25, 0.3) is 0 Å². The third kappa shape index (κ3) is 3.91. The first-order valence-electron chi connectivity index (χ1n) is 8.17. The number of carbonyl (C=O) groups excluding carboxylic acids is 1.